The topological polar surface area (TPSA) is 112 Å². The van der Waals surface area contributed by atoms with Crippen molar-refractivity contribution in [1.82, 2.24) is 25.2 Å². The number of aryl methyl sites for hydroxylation is 1. The molecular formula is C22H24ClN7O2. The summed E-state index contributed by atoms with van der Waals surface area (Å²) in [6.45, 7) is 2.54. The fourth-order valence-electron chi connectivity index (χ4n) is 3.18. The molecule has 9 nitrogen and oxygen atoms in total. The Kier molecular flexibility index (Phi) is 6.27. The highest BCUT2D eigenvalue weighted by Crippen LogP contribution is 2.28. The van der Waals surface area contributed by atoms with Crippen LogP contribution in [0.1, 0.15) is 29.5 Å². The second-order valence-electron chi connectivity index (χ2n) is 7.57. The van der Waals surface area contributed by atoms with E-state index in [2.05, 4.69) is 26.4 Å². The van der Waals surface area contributed by atoms with Gasteiger partial charge in [-0.3, -0.25) is 10.1 Å². The molecule has 0 atom stereocenters. The summed E-state index contributed by atoms with van der Waals surface area (Å²) in [6.07, 6.45) is 6.70. The zero-order valence-electron chi connectivity index (χ0n) is 17.8. The molecule has 1 saturated carbocycles. The van der Waals surface area contributed by atoms with E-state index in [1.165, 1.54) is 13.1 Å². The van der Waals surface area contributed by atoms with Gasteiger partial charge in [0.15, 0.2) is 5.65 Å². The van der Waals surface area contributed by atoms with Crippen molar-refractivity contribution in [3.8, 4) is 0 Å². The van der Waals surface area contributed by atoms with E-state index in [0.29, 0.717) is 34.6 Å². The third kappa shape index (κ3) is 5.00. The van der Waals surface area contributed by atoms with Crippen molar-refractivity contribution in [2.75, 3.05) is 17.7 Å². The maximum Gasteiger partial charge on any atom is 0.321 e. The number of carbonyl (C=O) groups excluding carboxylic acids is 2. The number of hydrogen-bond donors (Lipinski definition) is 4. The number of anilines is 2. The molecule has 0 radical (unpaired) electrons. The summed E-state index contributed by atoms with van der Waals surface area (Å²) in [5.74, 6) is 0.929. The number of aromatic nitrogens is 3. The third-order valence-corrected chi connectivity index (χ3v) is 5.46. The summed E-state index contributed by atoms with van der Waals surface area (Å²) in [5.41, 5.74) is 3.33. The zero-order valence-corrected chi connectivity index (χ0v) is 18.5. The molecule has 2 aromatic heterocycles. The van der Waals surface area contributed by atoms with Gasteiger partial charge in [-0.15, -0.1) is 0 Å². The highest BCUT2D eigenvalue weighted by Gasteiger charge is 2.23. The first kappa shape index (κ1) is 21.6. The molecule has 1 aliphatic rings. The average molecular weight is 454 g/mol. The minimum Gasteiger partial charge on any atom is -0.367 e. The van der Waals surface area contributed by atoms with Crippen molar-refractivity contribution in [3.63, 3.8) is 0 Å². The Hall–Kier alpha value is -3.59. The van der Waals surface area contributed by atoms with Gasteiger partial charge in [0, 0.05) is 42.4 Å². The minimum absolute atomic E-state index is 0.417. The van der Waals surface area contributed by atoms with E-state index in [-0.39, 0.29) is 0 Å². The Bertz CT molecular complexity index is 1180. The molecule has 1 fully saturated rings. The Balaban J connectivity index is 1.62. The summed E-state index contributed by atoms with van der Waals surface area (Å²) >= 11 is 6.36. The largest absolute Gasteiger partial charge is 0.367 e. The van der Waals surface area contributed by atoms with Gasteiger partial charge in [-0.2, -0.15) is 9.61 Å². The maximum atomic E-state index is 11.9. The van der Waals surface area contributed by atoms with E-state index in [4.69, 9.17) is 16.6 Å². The molecule has 10 heteroatoms. The molecule has 32 heavy (non-hydrogen) atoms. The van der Waals surface area contributed by atoms with Crippen LogP contribution in [0.3, 0.4) is 0 Å². The molecule has 0 saturated heterocycles. The van der Waals surface area contributed by atoms with Crippen molar-refractivity contribution in [3.05, 3.63) is 58.3 Å². The zero-order chi connectivity index (χ0) is 22.7. The predicted molar refractivity (Wildman–Crippen MR) is 125 cm³/mol. The van der Waals surface area contributed by atoms with Gasteiger partial charge in [0.25, 0.3) is 5.91 Å². The fourth-order valence-corrected chi connectivity index (χ4v) is 3.47. The quantitative estimate of drug-likeness (QED) is 0.408. The van der Waals surface area contributed by atoms with Crippen LogP contribution in [0.15, 0.2) is 36.5 Å². The van der Waals surface area contributed by atoms with Gasteiger partial charge in [0.05, 0.1) is 6.20 Å². The summed E-state index contributed by atoms with van der Waals surface area (Å²) < 4.78 is 1.71. The molecule has 166 valence electrons. The first-order valence-corrected chi connectivity index (χ1v) is 10.7. The van der Waals surface area contributed by atoms with Gasteiger partial charge in [0.2, 0.25) is 0 Å². The molecule has 0 spiro atoms. The molecular weight excluding hydrogens is 430 g/mol. The number of rotatable bonds is 7. The lowest BCUT2D eigenvalue weighted by molar-refractivity contribution is -0.115. The second kappa shape index (κ2) is 9.27. The number of imide groups is 1. The van der Waals surface area contributed by atoms with Gasteiger partial charge in [0.1, 0.15) is 11.6 Å². The van der Waals surface area contributed by atoms with Crippen LogP contribution in [-0.4, -0.2) is 39.6 Å². The molecule has 3 aromatic rings. The number of carbonyl (C=O) groups is 2. The van der Waals surface area contributed by atoms with Gasteiger partial charge < -0.3 is 16.0 Å². The lowest BCUT2D eigenvalue weighted by Crippen LogP contribution is -2.36. The lowest BCUT2D eigenvalue weighted by Gasteiger charge is -2.13. The van der Waals surface area contributed by atoms with E-state index in [1.807, 2.05) is 31.2 Å². The van der Waals surface area contributed by atoms with E-state index >= 15 is 0 Å². The Morgan fingerprint density at radius 2 is 2.12 bits per heavy atom. The van der Waals surface area contributed by atoms with Crippen LogP contribution < -0.4 is 21.3 Å². The number of amides is 3. The molecule has 4 N–H and O–H groups in total. The van der Waals surface area contributed by atoms with Gasteiger partial charge in [-0.05, 0) is 43.0 Å². The van der Waals surface area contributed by atoms with E-state index in [1.54, 1.807) is 16.8 Å². The number of hydrogen-bond acceptors (Lipinski definition) is 6. The third-order valence-electron chi connectivity index (χ3n) is 5.11. The molecule has 0 unspecified atom stereocenters. The molecule has 4 rings (SSSR count). The normalized spacial score (nSPS) is 13.3. The van der Waals surface area contributed by atoms with Gasteiger partial charge in [-0.1, -0.05) is 23.7 Å². The summed E-state index contributed by atoms with van der Waals surface area (Å²) in [4.78, 5) is 27.9. The maximum absolute atomic E-state index is 11.9. The first-order valence-electron chi connectivity index (χ1n) is 10.3. The molecule has 2 heterocycles. The number of halogens is 1. The predicted octanol–water partition coefficient (Wildman–Crippen LogP) is 3.35. The van der Waals surface area contributed by atoms with Gasteiger partial charge in [-0.25, -0.2) is 9.78 Å². The van der Waals surface area contributed by atoms with Crippen LogP contribution in [0.25, 0.3) is 11.7 Å². The number of nitrogens with one attached hydrogen (secondary N) is 4. The van der Waals surface area contributed by atoms with Crippen molar-refractivity contribution in [1.29, 1.82) is 0 Å². The fraction of sp³-hybridized carbons (Fsp3) is 0.273. The van der Waals surface area contributed by atoms with E-state index in [0.717, 1.165) is 29.8 Å². The summed E-state index contributed by atoms with van der Waals surface area (Å²) in [5, 5.41) is 16.5. The highest BCUT2D eigenvalue weighted by atomic mass is 35.5. The van der Waals surface area contributed by atoms with Crippen molar-refractivity contribution in [2.24, 2.45) is 0 Å². The van der Waals surface area contributed by atoms with E-state index in [9.17, 15) is 9.59 Å². The van der Waals surface area contributed by atoms with E-state index < -0.39 is 11.9 Å². The standard InChI is InChI=1S/C22H24ClN7O2/c1-13-4-3-5-17(23)16(13)12-25-18-10-19(27-15-7-8-15)30-21(28-18)14(11-26-30)6-9-20(31)29-22(32)24-2/h3-6,9-11,15,27H,7-8,12H2,1-2H3,(H,25,28)(H2,24,29,31,32)/b9-6+. The SMILES string of the molecule is CNC(=O)NC(=O)/C=C/c1cnn2c(NC3CC3)cc(NCc3c(C)cccc3Cl)nc12. The molecule has 3 amide bonds. The van der Waals surface area contributed by atoms with Crippen LogP contribution in [0, 0.1) is 6.92 Å². The smallest absolute Gasteiger partial charge is 0.321 e. The van der Waals surface area contributed by atoms with Gasteiger partial charge >= 0.3 is 6.03 Å². The van der Waals surface area contributed by atoms with Crippen LogP contribution >= 0.6 is 11.6 Å². The average Bonchev–Trinajstić information content (AvgIpc) is 3.49. The summed E-state index contributed by atoms with van der Waals surface area (Å²) in [6, 6.07) is 7.57. The van der Waals surface area contributed by atoms with Crippen LogP contribution in [0.5, 0.6) is 0 Å². The molecule has 0 bridgehead atoms. The monoisotopic (exact) mass is 453 g/mol. The molecule has 1 aromatic carbocycles. The lowest BCUT2D eigenvalue weighted by atomic mass is 10.1. The summed E-state index contributed by atoms with van der Waals surface area (Å²) in [7, 11) is 1.44. The highest BCUT2D eigenvalue weighted by molar-refractivity contribution is 6.31. The first-order chi connectivity index (χ1) is 15.4. The number of fused-ring (bicyclic) bond motifs is 1. The Morgan fingerprint density at radius 3 is 2.84 bits per heavy atom. The van der Waals surface area contributed by atoms with Crippen molar-refractivity contribution in [2.45, 2.75) is 32.4 Å². The van der Waals surface area contributed by atoms with Crippen LogP contribution in [0.4, 0.5) is 16.4 Å². The number of urea groups is 1. The molecule has 0 aliphatic heterocycles. The van der Waals surface area contributed by atoms with Crippen LogP contribution in [0.2, 0.25) is 5.02 Å². The van der Waals surface area contributed by atoms with Crippen molar-refractivity contribution < 1.29 is 9.59 Å². The molecule has 1 aliphatic carbocycles. The minimum atomic E-state index is -0.574. The van der Waals surface area contributed by atoms with Crippen LogP contribution in [-0.2, 0) is 11.3 Å². The number of nitrogens with zero attached hydrogens (tertiary/aromatic N) is 3. The number of benzene rings is 1. The Morgan fingerprint density at radius 1 is 1.31 bits per heavy atom. The Labute approximate surface area is 190 Å². The van der Waals surface area contributed by atoms with Crippen molar-refractivity contribution >= 4 is 46.9 Å². The second-order valence-corrected chi connectivity index (χ2v) is 7.98.